The molecule has 2 aliphatic rings. The number of fused-ring (bicyclic) bond motifs is 3. The van der Waals surface area contributed by atoms with Gasteiger partial charge in [-0.05, 0) is 36.6 Å². The molecule has 0 saturated carbocycles. The van der Waals surface area contributed by atoms with Gasteiger partial charge in [0.25, 0.3) is 0 Å². The van der Waals surface area contributed by atoms with Crippen LogP contribution < -0.4 is 16.4 Å². The largest absolute Gasteiger partial charge is 0.416 e. The number of aromatic amines is 1. The van der Waals surface area contributed by atoms with Gasteiger partial charge in [-0.3, -0.25) is 0 Å². The molecule has 3 aromatic rings. The van der Waals surface area contributed by atoms with Crippen LogP contribution in [0.3, 0.4) is 0 Å². The van der Waals surface area contributed by atoms with Gasteiger partial charge in [-0.25, -0.2) is 5.10 Å². The van der Waals surface area contributed by atoms with E-state index in [9.17, 15) is 13.2 Å². The van der Waals surface area contributed by atoms with E-state index in [1.165, 1.54) is 12.1 Å². The van der Waals surface area contributed by atoms with Crippen LogP contribution in [0, 0.1) is 5.92 Å². The van der Waals surface area contributed by atoms with Gasteiger partial charge in [-0.15, -0.1) is 5.10 Å². The number of hydrogen-bond donors (Lipinski definition) is 4. The molecule has 168 valence electrons. The highest BCUT2D eigenvalue weighted by atomic mass is 19.4. The first-order valence-electron chi connectivity index (χ1n) is 10.5. The number of nitrogen functional groups attached to an aromatic ring is 1. The Labute approximate surface area is 182 Å². The van der Waals surface area contributed by atoms with E-state index in [1.54, 1.807) is 0 Å². The number of anilines is 3. The summed E-state index contributed by atoms with van der Waals surface area (Å²) in [4.78, 5) is 4.01. The molecule has 0 radical (unpaired) electrons. The molecule has 32 heavy (non-hydrogen) atoms. The van der Waals surface area contributed by atoms with Gasteiger partial charge in [-0.2, -0.15) is 18.2 Å². The highest BCUT2D eigenvalue weighted by Crippen LogP contribution is 2.51. The zero-order chi connectivity index (χ0) is 22.3. The zero-order valence-electron chi connectivity index (χ0n) is 17.1. The molecule has 1 fully saturated rings. The minimum Gasteiger partial charge on any atom is -0.378 e. The highest BCUT2D eigenvalue weighted by molar-refractivity contribution is 5.58. The summed E-state index contributed by atoms with van der Waals surface area (Å²) in [5.41, 5.74) is 7.18. The summed E-state index contributed by atoms with van der Waals surface area (Å²) in [6.45, 7) is 0.429. The lowest BCUT2D eigenvalue weighted by molar-refractivity contribution is -0.138. The normalized spacial score (nSPS) is 24.8. The maximum Gasteiger partial charge on any atom is 0.416 e. The van der Waals surface area contributed by atoms with Crippen LogP contribution in [-0.4, -0.2) is 27.8 Å². The summed E-state index contributed by atoms with van der Waals surface area (Å²) in [5, 5.41) is 13.0. The number of nitrogens with two attached hydrogens (primary N) is 1. The lowest BCUT2D eigenvalue weighted by atomic mass is 9.76. The third-order valence-electron chi connectivity index (χ3n) is 6.12. The quantitative estimate of drug-likeness (QED) is 0.472. The maximum atomic E-state index is 13.4. The molecular formula is C22H23F3N6O. The summed E-state index contributed by atoms with van der Waals surface area (Å²) in [6.07, 6.45) is -3.52. The third-order valence-corrected chi connectivity index (χ3v) is 6.12. The third kappa shape index (κ3) is 3.97. The number of benzene rings is 2. The number of ether oxygens (including phenoxy) is 1. The molecule has 0 aliphatic carbocycles. The van der Waals surface area contributed by atoms with Gasteiger partial charge in [0.2, 0.25) is 11.9 Å². The number of aromatic nitrogens is 3. The Morgan fingerprint density at radius 1 is 1.12 bits per heavy atom. The summed E-state index contributed by atoms with van der Waals surface area (Å²) in [6, 6.07) is 13.7. The van der Waals surface area contributed by atoms with Gasteiger partial charge in [0.15, 0.2) is 0 Å². The summed E-state index contributed by atoms with van der Waals surface area (Å²) in [7, 11) is 0. The molecule has 1 saturated heterocycles. The number of nitrogens with one attached hydrogen (secondary N) is 3. The van der Waals surface area contributed by atoms with Gasteiger partial charge in [-0.1, -0.05) is 30.3 Å². The number of halogens is 3. The number of H-pyrrole nitrogens is 1. The van der Waals surface area contributed by atoms with Crippen LogP contribution in [0.25, 0.3) is 0 Å². The van der Waals surface area contributed by atoms with Gasteiger partial charge in [0.05, 0.1) is 23.8 Å². The molecule has 4 atom stereocenters. The number of rotatable bonds is 4. The fourth-order valence-corrected chi connectivity index (χ4v) is 4.63. The second kappa shape index (κ2) is 8.01. The molecule has 1 aromatic heterocycles. The van der Waals surface area contributed by atoms with Crippen molar-refractivity contribution in [2.75, 3.05) is 22.9 Å². The zero-order valence-corrected chi connectivity index (χ0v) is 17.1. The average molecular weight is 444 g/mol. The van der Waals surface area contributed by atoms with E-state index < -0.39 is 17.8 Å². The lowest BCUT2D eigenvalue weighted by Crippen LogP contribution is -2.41. The second-order valence-electron chi connectivity index (χ2n) is 8.18. The van der Waals surface area contributed by atoms with Crippen molar-refractivity contribution in [2.24, 2.45) is 5.92 Å². The van der Waals surface area contributed by atoms with E-state index in [-0.39, 0.29) is 24.0 Å². The molecule has 2 aliphatic heterocycles. The topological polar surface area (TPSA) is 101 Å². The molecule has 0 spiro atoms. The fourth-order valence-electron chi connectivity index (χ4n) is 4.63. The molecular weight excluding hydrogens is 421 g/mol. The van der Waals surface area contributed by atoms with E-state index in [0.717, 1.165) is 24.5 Å². The minimum absolute atomic E-state index is 0.00351. The van der Waals surface area contributed by atoms with Crippen LogP contribution >= 0.6 is 0 Å². The first kappa shape index (κ1) is 20.6. The van der Waals surface area contributed by atoms with E-state index in [2.05, 4.69) is 25.8 Å². The molecule has 5 N–H and O–H groups in total. The van der Waals surface area contributed by atoms with Crippen molar-refractivity contribution in [3.05, 3.63) is 65.2 Å². The Bertz CT molecular complexity index is 1090. The van der Waals surface area contributed by atoms with Crippen molar-refractivity contribution < 1.29 is 17.9 Å². The molecule has 5 rings (SSSR count). The number of hydrogen-bond acceptors (Lipinski definition) is 6. The van der Waals surface area contributed by atoms with Crippen LogP contribution in [0.15, 0.2) is 48.5 Å². The van der Waals surface area contributed by atoms with Gasteiger partial charge in [0, 0.05) is 23.7 Å². The molecule has 3 heterocycles. The first-order chi connectivity index (χ1) is 15.4. The van der Waals surface area contributed by atoms with Gasteiger partial charge < -0.3 is 21.1 Å². The van der Waals surface area contributed by atoms with Gasteiger partial charge >= 0.3 is 6.18 Å². The van der Waals surface area contributed by atoms with Crippen LogP contribution in [0.5, 0.6) is 0 Å². The maximum absolute atomic E-state index is 13.4. The Kier molecular flexibility index (Phi) is 5.16. The van der Waals surface area contributed by atoms with Crippen molar-refractivity contribution in [3.63, 3.8) is 0 Å². The van der Waals surface area contributed by atoms with Crippen molar-refractivity contribution in [3.8, 4) is 0 Å². The Morgan fingerprint density at radius 3 is 2.66 bits per heavy atom. The minimum atomic E-state index is -4.41. The molecule has 0 amide bonds. The SMILES string of the molecule is Nc1nc(NC[C@H]2CC[C@@H]3C(O2)c2cc(C(F)(F)F)ccc2N[C@H]3c2ccccc2)n[nH]1. The van der Waals surface area contributed by atoms with Crippen molar-refractivity contribution in [2.45, 2.75) is 37.3 Å². The Hall–Kier alpha value is -3.27. The molecule has 7 nitrogen and oxygen atoms in total. The van der Waals surface area contributed by atoms with Gasteiger partial charge in [0.1, 0.15) is 0 Å². The number of nitrogens with zero attached hydrogens (tertiary/aromatic N) is 2. The van der Waals surface area contributed by atoms with E-state index >= 15 is 0 Å². The number of alkyl halides is 3. The molecule has 1 unspecified atom stereocenters. The molecule has 2 aromatic carbocycles. The lowest BCUT2D eigenvalue weighted by Gasteiger charge is -2.46. The fraction of sp³-hybridized carbons (Fsp3) is 0.364. The van der Waals surface area contributed by atoms with E-state index in [4.69, 9.17) is 10.5 Å². The predicted octanol–water partition coefficient (Wildman–Crippen LogP) is 4.52. The first-order valence-corrected chi connectivity index (χ1v) is 10.5. The van der Waals surface area contributed by atoms with E-state index in [0.29, 0.717) is 23.7 Å². The smallest absolute Gasteiger partial charge is 0.378 e. The van der Waals surface area contributed by atoms with Crippen molar-refractivity contribution >= 4 is 17.6 Å². The van der Waals surface area contributed by atoms with Crippen LogP contribution in [0.4, 0.5) is 30.8 Å². The Balaban J connectivity index is 1.44. The summed E-state index contributed by atoms with van der Waals surface area (Å²) in [5.74, 6) is 0.569. The van der Waals surface area contributed by atoms with Crippen molar-refractivity contribution in [1.29, 1.82) is 0 Å². The van der Waals surface area contributed by atoms with Crippen LogP contribution in [0.2, 0.25) is 0 Å². The molecule has 10 heteroatoms. The average Bonchev–Trinajstić information content (AvgIpc) is 3.21. The summed E-state index contributed by atoms with van der Waals surface area (Å²) < 4.78 is 46.6. The van der Waals surface area contributed by atoms with Crippen molar-refractivity contribution in [1.82, 2.24) is 15.2 Å². The Morgan fingerprint density at radius 2 is 1.94 bits per heavy atom. The molecule has 0 bridgehead atoms. The van der Waals surface area contributed by atoms with E-state index in [1.807, 2.05) is 30.3 Å². The standard InChI is InChI=1S/C22H23F3N6O/c23-22(24,25)13-6-9-17-16(10-13)19-15(18(28-17)12-4-2-1-3-5-12)8-7-14(32-19)11-27-21-29-20(26)30-31-21/h1-6,9-10,14-15,18-19,28H,7-8,11H2,(H4,26,27,29,30,31)/t14-,15+,18+,19?/m1/s1. The highest BCUT2D eigenvalue weighted by Gasteiger charge is 2.43. The van der Waals surface area contributed by atoms with Crippen LogP contribution in [0.1, 0.15) is 41.7 Å². The summed E-state index contributed by atoms with van der Waals surface area (Å²) >= 11 is 0. The monoisotopic (exact) mass is 444 g/mol. The van der Waals surface area contributed by atoms with Crippen LogP contribution in [-0.2, 0) is 10.9 Å². The second-order valence-corrected chi connectivity index (χ2v) is 8.18. The predicted molar refractivity (Wildman–Crippen MR) is 114 cm³/mol.